The first-order valence-electron chi connectivity index (χ1n) is 19.6. The van der Waals surface area contributed by atoms with Crippen LogP contribution in [-0.4, -0.2) is 10.4 Å². The third-order valence-corrected chi connectivity index (χ3v) is 12.9. The number of nitrogens with one attached hydrogen (secondary N) is 2. The third-order valence-electron chi connectivity index (χ3n) is 11.8. The first-order valence-corrected chi connectivity index (χ1v) is 20.5. The van der Waals surface area contributed by atoms with Crippen LogP contribution in [0.1, 0.15) is 46.7 Å². The molecule has 0 saturated carbocycles. The lowest BCUT2D eigenvalue weighted by Gasteiger charge is -2.32. The van der Waals surface area contributed by atoms with Gasteiger partial charge in [-0.05, 0) is 95.3 Å². The molecular formula is C51H36N4OS. The number of aryl methyl sites for hydroxylation is 1. The average Bonchev–Trinajstić information content (AvgIpc) is 3.95. The second-order valence-electron chi connectivity index (χ2n) is 15.1. The van der Waals surface area contributed by atoms with Crippen LogP contribution >= 0.6 is 11.3 Å². The van der Waals surface area contributed by atoms with Crippen LogP contribution in [-0.2, 0) is 6.42 Å². The van der Waals surface area contributed by atoms with Crippen LogP contribution in [0, 0.1) is 0 Å². The number of allylic oxidation sites excluding steroid dienone is 1. The van der Waals surface area contributed by atoms with Gasteiger partial charge in [0.25, 0.3) is 0 Å². The lowest BCUT2D eigenvalue weighted by molar-refractivity contribution is 0.409. The molecule has 0 spiro atoms. The van der Waals surface area contributed by atoms with Gasteiger partial charge in [0, 0.05) is 53.3 Å². The minimum atomic E-state index is -0.256. The molecule has 2 atom stereocenters. The SMILES string of the molecule is C1=Cc2c(c3ccccc3n2-c2ccc3sc4cc(-c5ccc6oc7cc(C8N=C(c9ccccc9)NC(c9ccccc9)N8)ccc7c6c5)ccc4c3c2)CC1. The van der Waals surface area contributed by atoms with Crippen molar-refractivity contribution in [3.63, 3.8) is 0 Å². The Morgan fingerprint density at radius 3 is 2.32 bits per heavy atom. The van der Waals surface area contributed by atoms with Crippen molar-refractivity contribution in [2.24, 2.45) is 4.99 Å². The summed E-state index contributed by atoms with van der Waals surface area (Å²) < 4.78 is 11.6. The number of hydrogen-bond acceptors (Lipinski definition) is 5. The highest BCUT2D eigenvalue weighted by atomic mass is 32.1. The van der Waals surface area contributed by atoms with Crippen molar-refractivity contribution in [2.75, 3.05) is 0 Å². The first kappa shape index (κ1) is 32.5. The van der Waals surface area contributed by atoms with Gasteiger partial charge in [-0.3, -0.25) is 5.32 Å². The highest BCUT2D eigenvalue weighted by Crippen LogP contribution is 2.41. The summed E-state index contributed by atoms with van der Waals surface area (Å²) in [5.41, 5.74) is 12.6. The van der Waals surface area contributed by atoms with Crippen molar-refractivity contribution in [3.05, 3.63) is 192 Å². The monoisotopic (exact) mass is 752 g/mol. The molecule has 0 fully saturated rings. The number of benzene rings is 7. The Bertz CT molecular complexity index is 3260. The van der Waals surface area contributed by atoms with E-state index in [4.69, 9.17) is 9.41 Å². The Labute approximate surface area is 333 Å². The van der Waals surface area contributed by atoms with Gasteiger partial charge < -0.3 is 14.3 Å². The molecule has 3 aromatic heterocycles. The van der Waals surface area contributed by atoms with E-state index in [0.29, 0.717) is 0 Å². The van der Waals surface area contributed by atoms with Crippen molar-refractivity contribution < 1.29 is 4.42 Å². The van der Waals surface area contributed by atoms with Gasteiger partial charge in [0.2, 0.25) is 0 Å². The highest BCUT2D eigenvalue weighted by Gasteiger charge is 2.26. The van der Waals surface area contributed by atoms with Gasteiger partial charge in [-0.25, -0.2) is 4.99 Å². The summed E-state index contributed by atoms with van der Waals surface area (Å²) in [6, 6.07) is 56.6. The van der Waals surface area contributed by atoms with Crippen LogP contribution in [0.3, 0.4) is 0 Å². The minimum Gasteiger partial charge on any atom is -0.456 e. The zero-order chi connectivity index (χ0) is 37.5. The first-order chi connectivity index (χ1) is 28.2. The predicted octanol–water partition coefficient (Wildman–Crippen LogP) is 12.9. The fourth-order valence-corrected chi connectivity index (χ4v) is 10.1. The van der Waals surface area contributed by atoms with E-state index in [1.165, 1.54) is 59.1 Å². The Hall–Kier alpha value is -6.73. The molecule has 0 bridgehead atoms. The highest BCUT2D eigenvalue weighted by molar-refractivity contribution is 7.25. The van der Waals surface area contributed by atoms with Gasteiger partial charge in [-0.1, -0.05) is 115 Å². The molecule has 12 rings (SSSR count). The zero-order valence-electron chi connectivity index (χ0n) is 30.9. The minimum absolute atomic E-state index is 0.0967. The van der Waals surface area contributed by atoms with Crippen LogP contribution in [0.5, 0.6) is 0 Å². The maximum Gasteiger partial charge on any atom is 0.135 e. The second kappa shape index (κ2) is 12.9. The zero-order valence-corrected chi connectivity index (χ0v) is 31.8. The summed E-state index contributed by atoms with van der Waals surface area (Å²) in [4.78, 5) is 5.15. The van der Waals surface area contributed by atoms with Gasteiger partial charge in [0.05, 0.1) is 5.52 Å². The molecule has 6 heteroatoms. The van der Waals surface area contributed by atoms with E-state index in [1.807, 2.05) is 23.5 Å². The quantitative estimate of drug-likeness (QED) is 0.184. The summed E-state index contributed by atoms with van der Waals surface area (Å²) in [6.07, 6.45) is 6.45. The summed E-state index contributed by atoms with van der Waals surface area (Å²) in [6.45, 7) is 0. The maximum absolute atomic E-state index is 6.52. The summed E-state index contributed by atoms with van der Waals surface area (Å²) in [5, 5.41) is 13.5. The normalized spacial score (nSPS) is 16.7. The van der Waals surface area contributed by atoms with Crippen LogP contribution in [0.15, 0.2) is 173 Å². The number of para-hydroxylation sites is 1. The van der Waals surface area contributed by atoms with Crippen molar-refractivity contribution in [2.45, 2.75) is 25.2 Å². The van der Waals surface area contributed by atoms with E-state index in [-0.39, 0.29) is 12.3 Å². The molecule has 2 N–H and O–H groups in total. The average molecular weight is 753 g/mol. The molecular weight excluding hydrogens is 717 g/mol. The molecule has 5 nitrogen and oxygen atoms in total. The maximum atomic E-state index is 6.52. The number of nitrogens with zero attached hydrogens (tertiary/aromatic N) is 2. The molecule has 0 radical (unpaired) electrons. The predicted molar refractivity (Wildman–Crippen MR) is 237 cm³/mol. The molecule has 272 valence electrons. The van der Waals surface area contributed by atoms with Crippen molar-refractivity contribution in [3.8, 4) is 16.8 Å². The van der Waals surface area contributed by atoms with Crippen LogP contribution < -0.4 is 10.6 Å². The number of furan rings is 1. The smallest absolute Gasteiger partial charge is 0.135 e. The van der Waals surface area contributed by atoms with E-state index in [0.717, 1.165) is 57.3 Å². The van der Waals surface area contributed by atoms with Crippen molar-refractivity contribution in [1.82, 2.24) is 15.2 Å². The van der Waals surface area contributed by atoms with Gasteiger partial charge >= 0.3 is 0 Å². The topological polar surface area (TPSA) is 54.5 Å². The van der Waals surface area contributed by atoms with Gasteiger partial charge in [0.15, 0.2) is 0 Å². The third kappa shape index (κ3) is 5.36. The van der Waals surface area contributed by atoms with E-state index in [9.17, 15) is 0 Å². The number of thiophene rings is 1. The molecule has 2 aliphatic rings. The largest absolute Gasteiger partial charge is 0.456 e. The molecule has 57 heavy (non-hydrogen) atoms. The molecule has 1 aliphatic carbocycles. The van der Waals surface area contributed by atoms with E-state index >= 15 is 0 Å². The number of rotatable bonds is 5. The van der Waals surface area contributed by atoms with E-state index < -0.39 is 0 Å². The standard InChI is InChI=1S/C51H36N4OS/c1-3-11-31(12-4-1)49-52-50(32-13-5-2-6-14-32)54-51(53-49)35-20-23-39-41-27-33(21-25-45(41)56-46(39)28-35)34-19-24-40-42-30-36(22-26-47(42)57-48(40)29-34)55-43-17-9-7-15-37(43)38-16-8-10-18-44(38)55/h1-7,9-15,17-30,49,51,53H,8,16H2,(H,52,54). The Morgan fingerprint density at radius 2 is 1.40 bits per heavy atom. The summed E-state index contributed by atoms with van der Waals surface area (Å²) in [7, 11) is 0. The van der Waals surface area contributed by atoms with Crippen LogP contribution in [0.4, 0.5) is 0 Å². The number of hydrogen-bond donors (Lipinski definition) is 2. The van der Waals surface area contributed by atoms with E-state index in [1.54, 1.807) is 0 Å². The molecule has 1 aliphatic heterocycles. The van der Waals surface area contributed by atoms with Crippen LogP contribution in [0.25, 0.3) is 75.9 Å². The molecule has 2 unspecified atom stereocenters. The van der Waals surface area contributed by atoms with Crippen LogP contribution in [0.2, 0.25) is 0 Å². The second-order valence-corrected chi connectivity index (χ2v) is 16.2. The fraction of sp³-hybridized carbons (Fsp3) is 0.0784. The number of amidine groups is 1. The molecule has 4 heterocycles. The van der Waals surface area contributed by atoms with Gasteiger partial charge in [-0.2, -0.15) is 0 Å². The molecule has 0 amide bonds. The summed E-state index contributed by atoms with van der Waals surface area (Å²) in [5.74, 6) is 0.865. The molecule has 7 aromatic carbocycles. The molecule has 10 aromatic rings. The number of aliphatic imine (C=N–C) groups is 1. The lowest BCUT2D eigenvalue weighted by atomic mass is 10.0. The Balaban J connectivity index is 0.894. The lowest BCUT2D eigenvalue weighted by Crippen LogP contribution is -2.44. The fourth-order valence-electron chi connectivity index (χ4n) is 8.98. The Kier molecular flexibility index (Phi) is 7.37. The number of fused-ring (bicyclic) bond motifs is 9. The van der Waals surface area contributed by atoms with Crippen molar-refractivity contribution >= 4 is 76.3 Å². The van der Waals surface area contributed by atoms with E-state index in [2.05, 4.69) is 173 Å². The summed E-state index contributed by atoms with van der Waals surface area (Å²) >= 11 is 1.87. The number of aromatic nitrogens is 1. The van der Waals surface area contributed by atoms with Gasteiger partial charge in [0.1, 0.15) is 29.3 Å². The van der Waals surface area contributed by atoms with Crippen molar-refractivity contribution in [1.29, 1.82) is 0 Å². The molecule has 0 saturated heterocycles. The van der Waals surface area contributed by atoms with Gasteiger partial charge in [-0.15, -0.1) is 11.3 Å². The Morgan fingerprint density at radius 1 is 0.596 bits per heavy atom.